The highest BCUT2D eigenvalue weighted by Gasteiger charge is 2.07. The standard InChI is InChI=1S/C13H14O4/c1-3-5-12(14)17-11-8-6-10(7-9-11)13(15)16-4-2/h4,6-9H,2-3,5H2,1H3. The molecule has 4 heteroatoms. The number of carbonyl (C=O) groups is 2. The molecule has 0 aliphatic heterocycles. The van der Waals surface area contributed by atoms with Crippen LogP contribution in [0.25, 0.3) is 0 Å². The third-order valence-electron chi connectivity index (χ3n) is 1.97. The summed E-state index contributed by atoms with van der Waals surface area (Å²) in [6, 6.07) is 6.15. The molecule has 4 nitrogen and oxygen atoms in total. The molecule has 0 saturated carbocycles. The summed E-state index contributed by atoms with van der Waals surface area (Å²) in [5.74, 6) is -0.362. The minimum atomic E-state index is -0.494. The van der Waals surface area contributed by atoms with Gasteiger partial charge < -0.3 is 9.47 Å². The molecule has 90 valence electrons. The molecule has 0 atom stereocenters. The third kappa shape index (κ3) is 4.10. The molecule has 0 aliphatic rings. The second-order valence-corrected chi connectivity index (χ2v) is 3.32. The number of rotatable bonds is 5. The molecule has 0 radical (unpaired) electrons. The number of esters is 2. The van der Waals surface area contributed by atoms with Gasteiger partial charge in [-0.2, -0.15) is 0 Å². The monoisotopic (exact) mass is 234 g/mol. The Morgan fingerprint density at radius 1 is 1.29 bits per heavy atom. The van der Waals surface area contributed by atoms with E-state index in [1.165, 1.54) is 12.1 Å². The van der Waals surface area contributed by atoms with Gasteiger partial charge >= 0.3 is 11.9 Å². The predicted octanol–water partition coefficient (Wildman–Crippen LogP) is 2.69. The van der Waals surface area contributed by atoms with Crippen LogP contribution in [0.2, 0.25) is 0 Å². The van der Waals surface area contributed by atoms with Crippen molar-refractivity contribution in [3.63, 3.8) is 0 Å². The van der Waals surface area contributed by atoms with E-state index in [2.05, 4.69) is 11.3 Å². The summed E-state index contributed by atoms with van der Waals surface area (Å²) in [5, 5.41) is 0. The predicted molar refractivity (Wildman–Crippen MR) is 62.6 cm³/mol. The lowest BCUT2D eigenvalue weighted by molar-refractivity contribution is -0.134. The first-order valence-corrected chi connectivity index (χ1v) is 5.30. The second kappa shape index (κ2) is 6.48. The second-order valence-electron chi connectivity index (χ2n) is 3.32. The number of hydrogen-bond donors (Lipinski definition) is 0. The Labute approximate surface area is 99.8 Å². The van der Waals surface area contributed by atoms with Gasteiger partial charge in [0.1, 0.15) is 5.75 Å². The molecule has 0 aliphatic carbocycles. The number of ether oxygens (including phenoxy) is 2. The summed E-state index contributed by atoms with van der Waals surface area (Å²) < 4.78 is 9.64. The summed E-state index contributed by atoms with van der Waals surface area (Å²) in [7, 11) is 0. The van der Waals surface area contributed by atoms with E-state index in [-0.39, 0.29) is 5.97 Å². The molecule has 17 heavy (non-hydrogen) atoms. The highest BCUT2D eigenvalue weighted by molar-refractivity contribution is 5.90. The fourth-order valence-corrected chi connectivity index (χ4v) is 1.19. The van der Waals surface area contributed by atoms with Crippen molar-refractivity contribution in [3.8, 4) is 5.75 Å². The molecule has 0 bridgehead atoms. The molecule has 1 aromatic rings. The van der Waals surface area contributed by atoms with Crippen molar-refractivity contribution in [1.82, 2.24) is 0 Å². The van der Waals surface area contributed by atoms with Crippen LogP contribution in [0, 0.1) is 0 Å². The van der Waals surface area contributed by atoms with Crippen molar-refractivity contribution >= 4 is 11.9 Å². The molecule has 0 aromatic heterocycles. The summed E-state index contributed by atoms with van der Waals surface area (Å²) in [5.41, 5.74) is 0.375. The maximum absolute atomic E-state index is 11.3. The molecule has 0 fully saturated rings. The van der Waals surface area contributed by atoms with Crippen LogP contribution in [0.3, 0.4) is 0 Å². The van der Waals surface area contributed by atoms with E-state index in [1.807, 2.05) is 6.92 Å². The van der Waals surface area contributed by atoms with Crippen LogP contribution in [0.4, 0.5) is 0 Å². The van der Waals surface area contributed by atoms with Gasteiger partial charge in [-0.05, 0) is 30.7 Å². The van der Waals surface area contributed by atoms with E-state index in [0.29, 0.717) is 17.7 Å². The van der Waals surface area contributed by atoms with Gasteiger partial charge in [-0.1, -0.05) is 13.5 Å². The van der Waals surface area contributed by atoms with E-state index in [4.69, 9.17) is 4.74 Å². The van der Waals surface area contributed by atoms with Crippen LogP contribution < -0.4 is 4.74 Å². The fraction of sp³-hybridized carbons (Fsp3) is 0.231. The minimum Gasteiger partial charge on any atom is -0.432 e. The smallest absolute Gasteiger partial charge is 0.342 e. The van der Waals surface area contributed by atoms with Gasteiger partial charge in [0.15, 0.2) is 0 Å². The van der Waals surface area contributed by atoms with Gasteiger partial charge in [-0.15, -0.1) is 0 Å². The average Bonchev–Trinajstić information content (AvgIpc) is 2.30. The SMILES string of the molecule is C=COC(=O)c1ccc(OC(=O)CCC)cc1. The topological polar surface area (TPSA) is 52.6 Å². The lowest BCUT2D eigenvalue weighted by Crippen LogP contribution is -2.07. The van der Waals surface area contributed by atoms with Crippen LogP contribution in [-0.4, -0.2) is 11.9 Å². The molecular weight excluding hydrogens is 220 g/mol. The van der Waals surface area contributed by atoms with E-state index in [9.17, 15) is 9.59 Å². The molecule has 0 amide bonds. The summed E-state index contributed by atoms with van der Waals surface area (Å²) >= 11 is 0. The maximum Gasteiger partial charge on any atom is 0.342 e. The van der Waals surface area contributed by atoms with Crippen molar-refractivity contribution in [2.24, 2.45) is 0 Å². The first kappa shape index (κ1) is 13.0. The summed E-state index contributed by atoms with van der Waals surface area (Å²) in [4.78, 5) is 22.5. The van der Waals surface area contributed by atoms with Crippen LogP contribution in [0.15, 0.2) is 37.1 Å². The van der Waals surface area contributed by atoms with Gasteiger partial charge in [-0.25, -0.2) is 4.79 Å². The quantitative estimate of drug-likeness (QED) is 0.446. The van der Waals surface area contributed by atoms with E-state index >= 15 is 0 Å². The number of carbonyl (C=O) groups excluding carboxylic acids is 2. The van der Waals surface area contributed by atoms with E-state index in [0.717, 1.165) is 12.7 Å². The highest BCUT2D eigenvalue weighted by atomic mass is 16.5. The zero-order valence-electron chi connectivity index (χ0n) is 9.64. The van der Waals surface area contributed by atoms with Gasteiger partial charge in [0.05, 0.1) is 11.8 Å². The Kier molecular flexibility index (Phi) is 4.94. The number of hydrogen-bond acceptors (Lipinski definition) is 4. The molecule has 0 heterocycles. The number of benzene rings is 1. The zero-order valence-corrected chi connectivity index (χ0v) is 9.64. The van der Waals surface area contributed by atoms with E-state index < -0.39 is 5.97 Å². The lowest BCUT2D eigenvalue weighted by atomic mass is 10.2. The molecule has 1 aromatic carbocycles. The Morgan fingerprint density at radius 2 is 1.94 bits per heavy atom. The van der Waals surface area contributed by atoms with Crippen molar-refractivity contribution in [3.05, 3.63) is 42.7 Å². The summed E-state index contributed by atoms with van der Waals surface area (Å²) in [6.45, 7) is 5.19. The Morgan fingerprint density at radius 3 is 2.47 bits per heavy atom. The van der Waals surface area contributed by atoms with Crippen molar-refractivity contribution < 1.29 is 19.1 Å². The molecular formula is C13H14O4. The Bertz CT molecular complexity index is 406. The Balaban J connectivity index is 2.64. The maximum atomic E-state index is 11.3. The van der Waals surface area contributed by atoms with Crippen molar-refractivity contribution in [2.75, 3.05) is 0 Å². The van der Waals surface area contributed by atoms with Gasteiger partial charge in [0.25, 0.3) is 0 Å². The van der Waals surface area contributed by atoms with Crippen molar-refractivity contribution in [1.29, 1.82) is 0 Å². The molecule has 0 unspecified atom stereocenters. The van der Waals surface area contributed by atoms with Gasteiger partial charge in [-0.3, -0.25) is 4.79 Å². The van der Waals surface area contributed by atoms with Crippen LogP contribution in [0.5, 0.6) is 5.75 Å². The van der Waals surface area contributed by atoms with Gasteiger partial charge in [0, 0.05) is 6.42 Å². The fourth-order valence-electron chi connectivity index (χ4n) is 1.19. The van der Waals surface area contributed by atoms with Crippen LogP contribution >= 0.6 is 0 Å². The van der Waals surface area contributed by atoms with E-state index in [1.54, 1.807) is 12.1 Å². The van der Waals surface area contributed by atoms with Crippen LogP contribution in [0.1, 0.15) is 30.1 Å². The minimum absolute atomic E-state index is 0.283. The van der Waals surface area contributed by atoms with Gasteiger partial charge in [0.2, 0.25) is 0 Å². The molecule has 0 saturated heterocycles. The highest BCUT2D eigenvalue weighted by Crippen LogP contribution is 2.14. The average molecular weight is 234 g/mol. The first-order chi connectivity index (χ1) is 8.17. The third-order valence-corrected chi connectivity index (χ3v) is 1.97. The lowest BCUT2D eigenvalue weighted by Gasteiger charge is -2.04. The van der Waals surface area contributed by atoms with Crippen LogP contribution in [-0.2, 0) is 9.53 Å². The zero-order chi connectivity index (χ0) is 12.7. The molecule has 0 N–H and O–H groups in total. The molecule has 0 spiro atoms. The largest absolute Gasteiger partial charge is 0.432 e. The first-order valence-electron chi connectivity index (χ1n) is 5.30. The Hall–Kier alpha value is -2.10. The summed E-state index contributed by atoms with van der Waals surface area (Å²) in [6.07, 6.45) is 2.18. The normalized spacial score (nSPS) is 9.47. The van der Waals surface area contributed by atoms with Crippen molar-refractivity contribution in [2.45, 2.75) is 19.8 Å². The molecule has 1 rings (SSSR count).